The van der Waals surface area contributed by atoms with Gasteiger partial charge in [0.05, 0.1) is 11.7 Å². The fourth-order valence-electron chi connectivity index (χ4n) is 3.50. The van der Waals surface area contributed by atoms with Gasteiger partial charge in [0.1, 0.15) is 0 Å². The summed E-state index contributed by atoms with van der Waals surface area (Å²) in [5.74, 6) is 0.0658. The normalized spacial score (nSPS) is 17.3. The summed E-state index contributed by atoms with van der Waals surface area (Å²) in [4.78, 5) is 15.1. The Morgan fingerprint density at radius 2 is 2.00 bits per heavy atom. The van der Waals surface area contributed by atoms with Crippen molar-refractivity contribution < 1.29 is 4.79 Å². The Hall–Kier alpha value is -2.92. The number of hydrogen-bond donors (Lipinski definition) is 1. The molecule has 2 aromatic carbocycles. The van der Waals surface area contributed by atoms with Crippen molar-refractivity contribution in [2.24, 2.45) is 0 Å². The van der Waals surface area contributed by atoms with Gasteiger partial charge < -0.3 is 5.32 Å². The summed E-state index contributed by atoms with van der Waals surface area (Å²) >= 11 is 0. The molecule has 0 aliphatic carbocycles. The molecule has 1 aliphatic rings. The van der Waals surface area contributed by atoms with Gasteiger partial charge in [-0.25, -0.2) is 4.68 Å². The highest BCUT2D eigenvalue weighted by Crippen LogP contribution is 2.22. The second-order valence-electron chi connectivity index (χ2n) is 6.60. The Balaban J connectivity index is 1.45. The summed E-state index contributed by atoms with van der Waals surface area (Å²) < 4.78 is 1.78. The quantitative estimate of drug-likeness (QED) is 0.769. The molecule has 4 rings (SSSR count). The Labute approximate surface area is 153 Å². The van der Waals surface area contributed by atoms with Crippen molar-refractivity contribution in [3.8, 4) is 5.69 Å². The van der Waals surface area contributed by atoms with Crippen LogP contribution in [-0.2, 0) is 11.3 Å². The lowest BCUT2D eigenvalue weighted by Crippen LogP contribution is -2.39. The van der Waals surface area contributed by atoms with Crippen LogP contribution in [0.2, 0.25) is 0 Å². The highest BCUT2D eigenvalue weighted by Gasteiger charge is 2.30. The van der Waals surface area contributed by atoms with E-state index in [1.807, 2.05) is 54.7 Å². The number of amides is 1. The van der Waals surface area contributed by atoms with Crippen LogP contribution in [0.4, 0.5) is 5.69 Å². The van der Waals surface area contributed by atoms with Crippen LogP contribution >= 0.6 is 0 Å². The first-order valence-corrected chi connectivity index (χ1v) is 8.98. The second-order valence-corrected chi connectivity index (χ2v) is 6.60. The average molecular weight is 346 g/mol. The number of carbonyl (C=O) groups is 1. The van der Waals surface area contributed by atoms with Crippen LogP contribution < -0.4 is 5.32 Å². The van der Waals surface area contributed by atoms with Crippen LogP contribution in [0.1, 0.15) is 18.4 Å². The third kappa shape index (κ3) is 3.68. The van der Waals surface area contributed by atoms with E-state index in [0.29, 0.717) is 0 Å². The Morgan fingerprint density at radius 1 is 1.12 bits per heavy atom. The van der Waals surface area contributed by atoms with Gasteiger partial charge in [0, 0.05) is 24.6 Å². The fraction of sp³-hybridized carbons (Fsp3) is 0.238. The number of anilines is 1. The number of hydrogen-bond acceptors (Lipinski definition) is 3. The van der Waals surface area contributed by atoms with Crippen molar-refractivity contribution in [3.63, 3.8) is 0 Å². The van der Waals surface area contributed by atoms with Gasteiger partial charge in [0.2, 0.25) is 5.91 Å². The van der Waals surface area contributed by atoms with Gasteiger partial charge >= 0.3 is 0 Å². The molecule has 0 saturated carbocycles. The van der Waals surface area contributed by atoms with Gasteiger partial charge in [0.25, 0.3) is 0 Å². The first-order chi connectivity index (χ1) is 12.8. The highest BCUT2D eigenvalue weighted by atomic mass is 16.2. The summed E-state index contributed by atoms with van der Waals surface area (Å²) in [5, 5.41) is 7.32. The second kappa shape index (κ2) is 7.54. The summed E-state index contributed by atoms with van der Waals surface area (Å²) in [7, 11) is 0. The molecule has 132 valence electrons. The molecule has 0 bridgehead atoms. The van der Waals surface area contributed by atoms with E-state index in [9.17, 15) is 4.79 Å². The lowest BCUT2D eigenvalue weighted by atomic mass is 10.1. The van der Waals surface area contributed by atoms with Gasteiger partial charge in [-0.2, -0.15) is 5.10 Å². The van der Waals surface area contributed by atoms with Crippen LogP contribution in [0.15, 0.2) is 73.1 Å². The zero-order valence-corrected chi connectivity index (χ0v) is 14.6. The molecule has 1 aliphatic heterocycles. The fourth-order valence-corrected chi connectivity index (χ4v) is 3.50. The lowest BCUT2D eigenvalue weighted by Gasteiger charge is -2.23. The molecule has 0 spiro atoms. The van der Waals surface area contributed by atoms with Gasteiger partial charge in [-0.1, -0.05) is 36.4 Å². The van der Waals surface area contributed by atoms with E-state index in [-0.39, 0.29) is 11.9 Å². The third-order valence-corrected chi connectivity index (χ3v) is 4.78. The smallest absolute Gasteiger partial charge is 0.241 e. The molecule has 5 nitrogen and oxygen atoms in total. The van der Waals surface area contributed by atoms with Gasteiger partial charge in [-0.3, -0.25) is 9.69 Å². The van der Waals surface area contributed by atoms with Crippen LogP contribution in [-0.4, -0.2) is 33.2 Å². The lowest BCUT2D eigenvalue weighted by molar-refractivity contribution is -0.120. The van der Waals surface area contributed by atoms with Crippen LogP contribution in [0.3, 0.4) is 0 Å². The van der Waals surface area contributed by atoms with E-state index >= 15 is 0 Å². The van der Waals surface area contributed by atoms with E-state index in [1.165, 1.54) is 5.56 Å². The Bertz CT molecular complexity index is 861. The third-order valence-electron chi connectivity index (χ3n) is 4.78. The number of carbonyl (C=O) groups excluding carboxylic acids is 1. The standard InChI is InChI=1S/C21H22N4O/c26-21(20-11-5-13-24(20)16-17-7-2-1-3-8-17)23-18-9-4-10-19(15-18)25-14-6-12-22-25/h1-4,6-10,12,14-15,20H,5,11,13,16H2,(H,23,26). The Morgan fingerprint density at radius 3 is 2.81 bits per heavy atom. The molecule has 0 radical (unpaired) electrons. The number of nitrogens with zero attached hydrogens (tertiary/aromatic N) is 3. The maximum absolute atomic E-state index is 12.8. The number of likely N-dealkylation sites (tertiary alicyclic amines) is 1. The van der Waals surface area contributed by atoms with E-state index in [0.717, 1.165) is 37.3 Å². The first-order valence-electron chi connectivity index (χ1n) is 8.98. The van der Waals surface area contributed by atoms with Crippen molar-refractivity contribution in [3.05, 3.63) is 78.6 Å². The monoisotopic (exact) mass is 346 g/mol. The average Bonchev–Trinajstić information content (AvgIpc) is 3.35. The van der Waals surface area contributed by atoms with Crippen LogP contribution in [0, 0.1) is 0 Å². The molecule has 1 unspecified atom stereocenters. The summed E-state index contributed by atoms with van der Waals surface area (Å²) in [6.45, 7) is 1.77. The number of rotatable bonds is 5. The minimum absolute atomic E-state index is 0.0658. The zero-order valence-electron chi connectivity index (χ0n) is 14.6. The number of nitrogens with one attached hydrogen (secondary N) is 1. The molecule has 5 heteroatoms. The topological polar surface area (TPSA) is 50.2 Å². The molecule has 1 amide bonds. The molecule has 1 saturated heterocycles. The van der Waals surface area contributed by atoms with Crippen LogP contribution in [0.25, 0.3) is 5.69 Å². The van der Waals surface area contributed by atoms with Gasteiger partial charge in [-0.05, 0) is 49.2 Å². The van der Waals surface area contributed by atoms with E-state index < -0.39 is 0 Å². The molecule has 2 heterocycles. The minimum atomic E-state index is -0.0800. The Kier molecular flexibility index (Phi) is 4.80. The summed E-state index contributed by atoms with van der Waals surface area (Å²) in [6, 6.07) is 19.9. The summed E-state index contributed by atoms with van der Waals surface area (Å²) in [5.41, 5.74) is 2.97. The van der Waals surface area contributed by atoms with Crippen molar-refractivity contribution in [2.75, 3.05) is 11.9 Å². The zero-order chi connectivity index (χ0) is 17.8. The van der Waals surface area contributed by atoms with E-state index in [1.54, 1.807) is 10.9 Å². The van der Waals surface area contributed by atoms with Crippen molar-refractivity contribution in [1.29, 1.82) is 0 Å². The SMILES string of the molecule is O=C(Nc1cccc(-n2cccn2)c1)C1CCCN1Cc1ccccc1. The number of aromatic nitrogens is 2. The van der Waals surface area contributed by atoms with Crippen molar-refractivity contribution in [1.82, 2.24) is 14.7 Å². The van der Waals surface area contributed by atoms with Crippen molar-refractivity contribution >= 4 is 11.6 Å². The van der Waals surface area contributed by atoms with Gasteiger partial charge in [-0.15, -0.1) is 0 Å². The minimum Gasteiger partial charge on any atom is -0.325 e. The predicted molar refractivity (Wildman–Crippen MR) is 102 cm³/mol. The van der Waals surface area contributed by atoms with Crippen LogP contribution in [0.5, 0.6) is 0 Å². The molecular weight excluding hydrogens is 324 g/mol. The molecule has 1 fully saturated rings. The number of benzene rings is 2. The maximum atomic E-state index is 12.8. The molecule has 26 heavy (non-hydrogen) atoms. The molecule has 3 aromatic rings. The van der Waals surface area contributed by atoms with E-state index in [4.69, 9.17) is 0 Å². The largest absolute Gasteiger partial charge is 0.325 e. The molecule has 1 N–H and O–H groups in total. The molecule has 1 atom stereocenters. The molecular formula is C21H22N4O. The predicted octanol–water partition coefficient (Wildman–Crippen LogP) is 3.48. The van der Waals surface area contributed by atoms with E-state index in [2.05, 4.69) is 27.4 Å². The summed E-state index contributed by atoms with van der Waals surface area (Å²) in [6.07, 6.45) is 5.58. The van der Waals surface area contributed by atoms with Gasteiger partial charge in [0.15, 0.2) is 0 Å². The molecule has 1 aromatic heterocycles. The van der Waals surface area contributed by atoms with Crippen molar-refractivity contribution in [2.45, 2.75) is 25.4 Å². The first kappa shape index (κ1) is 16.5. The highest BCUT2D eigenvalue weighted by molar-refractivity contribution is 5.95. The maximum Gasteiger partial charge on any atom is 0.241 e.